The SMILES string of the molecule is c1ccc2c(c1)O[C@@H](c1ccc(OCCN3CCCCC3)cc1)C1=C2COc2ccccc21.c1ccc2c(c1)O[C@H](c1ccc(OCCN3CCCCC3)cc1)C1=C2COc2ccccc21. The molecule has 12 rings (SSSR count). The Morgan fingerprint density at radius 1 is 0.394 bits per heavy atom. The molecule has 0 saturated carbocycles. The van der Waals surface area contributed by atoms with Gasteiger partial charge >= 0.3 is 0 Å². The van der Waals surface area contributed by atoms with E-state index in [0.29, 0.717) is 13.2 Å². The van der Waals surface area contributed by atoms with Crippen molar-refractivity contribution in [1.82, 2.24) is 9.80 Å². The van der Waals surface area contributed by atoms with E-state index in [4.69, 9.17) is 28.4 Å². The van der Waals surface area contributed by atoms with E-state index in [1.54, 1.807) is 0 Å². The van der Waals surface area contributed by atoms with E-state index in [1.807, 2.05) is 48.5 Å². The van der Waals surface area contributed by atoms with Crippen LogP contribution in [0.3, 0.4) is 0 Å². The summed E-state index contributed by atoms with van der Waals surface area (Å²) in [7, 11) is 0. The maximum absolute atomic E-state index is 6.58. The Morgan fingerprint density at radius 2 is 0.758 bits per heavy atom. The lowest BCUT2D eigenvalue weighted by Crippen LogP contribution is -2.33. The summed E-state index contributed by atoms with van der Waals surface area (Å²) in [5.41, 5.74) is 11.5. The van der Waals surface area contributed by atoms with Crippen LogP contribution in [-0.4, -0.2) is 75.5 Å². The van der Waals surface area contributed by atoms with Gasteiger partial charge in [-0.25, -0.2) is 0 Å². The summed E-state index contributed by atoms with van der Waals surface area (Å²) in [5.74, 6) is 5.48. The first-order valence-corrected chi connectivity index (χ1v) is 24.1. The summed E-state index contributed by atoms with van der Waals surface area (Å²) in [4.78, 5) is 5.00. The van der Waals surface area contributed by atoms with Gasteiger partial charge in [-0.3, -0.25) is 9.80 Å². The highest BCUT2D eigenvalue weighted by molar-refractivity contribution is 6.00. The van der Waals surface area contributed by atoms with Crippen LogP contribution in [0.1, 0.15) is 84.1 Å². The van der Waals surface area contributed by atoms with Crippen LogP contribution < -0.4 is 28.4 Å². The molecule has 0 aromatic heterocycles. The molecule has 0 radical (unpaired) electrons. The van der Waals surface area contributed by atoms with Crippen molar-refractivity contribution < 1.29 is 28.4 Å². The van der Waals surface area contributed by atoms with Crippen molar-refractivity contribution in [2.24, 2.45) is 0 Å². The molecule has 0 aliphatic carbocycles. The predicted molar refractivity (Wildman–Crippen MR) is 262 cm³/mol. The zero-order chi connectivity index (χ0) is 44.1. The number of nitrogens with zero attached hydrogens (tertiary/aromatic N) is 2. The van der Waals surface area contributed by atoms with Crippen molar-refractivity contribution in [1.29, 1.82) is 0 Å². The molecule has 6 aromatic rings. The van der Waals surface area contributed by atoms with Crippen LogP contribution in [-0.2, 0) is 0 Å². The third-order valence-corrected chi connectivity index (χ3v) is 13.8. The molecule has 2 fully saturated rings. The number of ether oxygens (including phenoxy) is 6. The molecule has 8 nitrogen and oxygen atoms in total. The van der Waals surface area contributed by atoms with Gasteiger partial charge in [0.15, 0.2) is 12.2 Å². The van der Waals surface area contributed by atoms with Crippen LogP contribution in [0.25, 0.3) is 22.3 Å². The maximum atomic E-state index is 6.58. The molecule has 66 heavy (non-hydrogen) atoms. The third kappa shape index (κ3) is 8.92. The minimum atomic E-state index is -0.178. The van der Waals surface area contributed by atoms with Crippen molar-refractivity contribution >= 4 is 22.3 Å². The number of fused-ring (bicyclic) bond motifs is 8. The van der Waals surface area contributed by atoms with Crippen molar-refractivity contribution in [2.45, 2.75) is 50.7 Å². The molecule has 0 spiro atoms. The third-order valence-electron chi connectivity index (χ3n) is 13.8. The van der Waals surface area contributed by atoms with E-state index >= 15 is 0 Å². The molecule has 336 valence electrons. The van der Waals surface area contributed by atoms with Crippen molar-refractivity contribution in [3.8, 4) is 34.5 Å². The second kappa shape index (κ2) is 19.5. The number of likely N-dealkylation sites (tertiary alicyclic amines) is 2. The molecule has 0 amide bonds. The lowest BCUT2D eigenvalue weighted by molar-refractivity contribution is 0.183. The molecular formula is C58H58N2O6. The Hall–Kier alpha value is -6.48. The van der Waals surface area contributed by atoms with Crippen LogP contribution in [0.5, 0.6) is 34.5 Å². The minimum Gasteiger partial charge on any atom is -0.492 e. The lowest BCUT2D eigenvalue weighted by Gasteiger charge is -2.35. The monoisotopic (exact) mass is 878 g/mol. The zero-order valence-corrected chi connectivity index (χ0v) is 37.7. The highest BCUT2D eigenvalue weighted by Gasteiger charge is 2.36. The smallest absolute Gasteiger partial charge is 0.150 e. The average Bonchev–Trinajstić information content (AvgIpc) is 3.39. The number of rotatable bonds is 10. The van der Waals surface area contributed by atoms with Crippen molar-refractivity contribution in [2.75, 3.05) is 65.7 Å². The first-order chi connectivity index (χ1) is 32.7. The summed E-state index contributed by atoms with van der Waals surface area (Å²) in [6.45, 7) is 9.36. The van der Waals surface area contributed by atoms with E-state index in [2.05, 4.69) is 107 Å². The molecule has 6 aromatic carbocycles. The summed E-state index contributed by atoms with van der Waals surface area (Å²) < 4.78 is 37.5. The fraction of sp³-hybridized carbons (Fsp3) is 0.310. The second-order valence-electron chi connectivity index (χ2n) is 18.0. The van der Waals surface area contributed by atoms with Gasteiger partial charge in [-0.2, -0.15) is 0 Å². The number of hydrogen-bond donors (Lipinski definition) is 0. The van der Waals surface area contributed by atoms with Crippen molar-refractivity contribution in [3.05, 3.63) is 179 Å². The van der Waals surface area contributed by atoms with Gasteiger partial charge < -0.3 is 28.4 Å². The number of benzene rings is 6. The van der Waals surface area contributed by atoms with Crippen LogP contribution in [0, 0.1) is 0 Å². The van der Waals surface area contributed by atoms with Crippen LogP contribution >= 0.6 is 0 Å². The van der Waals surface area contributed by atoms with E-state index in [1.165, 1.54) is 87.0 Å². The second-order valence-corrected chi connectivity index (χ2v) is 18.0. The molecule has 8 heteroatoms. The lowest BCUT2D eigenvalue weighted by atomic mass is 9.84. The van der Waals surface area contributed by atoms with Gasteiger partial charge in [0.05, 0.1) is 0 Å². The Kier molecular flexibility index (Phi) is 12.5. The zero-order valence-electron chi connectivity index (χ0n) is 37.7. The Balaban J connectivity index is 0.000000146. The standard InChI is InChI=1S/2C29H29NO3/c2*1-6-16-30(17-7-1)18-19-31-22-14-12-21(13-15-22)29-28-24-9-3-4-10-26(24)32-20-25(28)23-8-2-5-11-27(23)33-29/h2*2-5,8-15,29H,1,6-7,16-20H2/t2*29-/m10/s1. The highest BCUT2D eigenvalue weighted by Crippen LogP contribution is 2.52. The van der Waals surface area contributed by atoms with E-state index in [0.717, 1.165) is 94.2 Å². The van der Waals surface area contributed by atoms with Gasteiger partial charge in [0.2, 0.25) is 0 Å². The quantitative estimate of drug-likeness (QED) is 0.135. The topological polar surface area (TPSA) is 61.9 Å². The van der Waals surface area contributed by atoms with E-state index < -0.39 is 0 Å². The van der Waals surface area contributed by atoms with Crippen LogP contribution in [0.15, 0.2) is 146 Å². The fourth-order valence-electron chi connectivity index (χ4n) is 10.4. The highest BCUT2D eigenvalue weighted by atomic mass is 16.5. The molecule has 6 heterocycles. The molecule has 0 unspecified atom stereocenters. The Morgan fingerprint density at radius 3 is 1.17 bits per heavy atom. The number of para-hydroxylation sites is 4. The first kappa shape index (κ1) is 42.2. The van der Waals surface area contributed by atoms with Gasteiger partial charge in [0.25, 0.3) is 0 Å². The molecule has 6 aliphatic heterocycles. The minimum absolute atomic E-state index is 0.178. The van der Waals surface area contributed by atoms with E-state index in [-0.39, 0.29) is 12.2 Å². The Labute approximate surface area is 389 Å². The molecule has 6 aliphatic rings. The largest absolute Gasteiger partial charge is 0.492 e. The number of hydrogen-bond acceptors (Lipinski definition) is 8. The maximum Gasteiger partial charge on any atom is 0.150 e. The summed E-state index contributed by atoms with van der Waals surface area (Å²) in [5, 5.41) is 0. The fourth-order valence-corrected chi connectivity index (χ4v) is 10.4. The first-order valence-electron chi connectivity index (χ1n) is 24.1. The molecule has 2 saturated heterocycles. The average molecular weight is 879 g/mol. The molecule has 0 N–H and O–H groups in total. The van der Waals surface area contributed by atoms with Gasteiger partial charge in [-0.15, -0.1) is 0 Å². The summed E-state index contributed by atoms with van der Waals surface area (Å²) >= 11 is 0. The Bertz CT molecular complexity index is 2510. The number of piperidine rings is 2. The van der Waals surface area contributed by atoms with E-state index in [9.17, 15) is 0 Å². The summed E-state index contributed by atoms with van der Waals surface area (Å²) in [6, 6.07) is 49.8. The van der Waals surface area contributed by atoms with Crippen LogP contribution in [0.4, 0.5) is 0 Å². The molecular weight excluding hydrogens is 821 g/mol. The van der Waals surface area contributed by atoms with Crippen molar-refractivity contribution in [3.63, 3.8) is 0 Å². The normalized spacial score (nSPS) is 19.6. The van der Waals surface area contributed by atoms with Crippen LogP contribution in [0.2, 0.25) is 0 Å². The van der Waals surface area contributed by atoms with Gasteiger partial charge in [0.1, 0.15) is 60.9 Å². The molecule has 0 bridgehead atoms. The van der Waals surface area contributed by atoms with Gasteiger partial charge in [-0.05, 0) is 112 Å². The summed E-state index contributed by atoms with van der Waals surface area (Å²) in [6.07, 6.45) is 7.61. The van der Waals surface area contributed by atoms with Gasteiger partial charge in [0, 0.05) is 57.6 Å². The molecule has 2 atom stereocenters. The van der Waals surface area contributed by atoms with Gasteiger partial charge in [-0.1, -0.05) is 110 Å². The predicted octanol–water partition coefficient (Wildman–Crippen LogP) is 12.0.